The number of hydrogen-bond acceptors (Lipinski definition) is 2. The topological polar surface area (TPSA) is 50.2 Å². The zero-order valence-corrected chi connectivity index (χ0v) is 12.0. The van der Waals surface area contributed by atoms with E-state index in [0.717, 1.165) is 27.7 Å². The highest BCUT2D eigenvalue weighted by Crippen LogP contribution is 2.29. The van der Waals surface area contributed by atoms with Crippen LogP contribution in [0.25, 0.3) is 10.9 Å². The molecule has 0 unspecified atom stereocenters. The lowest BCUT2D eigenvalue weighted by Crippen LogP contribution is -2.04. The number of pyridine rings is 1. The van der Waals surface area contributed by atoms with E-state index in [4.69, 9.17) is 16.7 Å². The van der Waals surface area contributed by atoms with Gasteiger partial charge in [0.2, 0.25) is 0 Å². The molecule has 19 heavy (non-hydrogen) atoms. The van der Waals surface area contributed by atoms with Crippen LogP contribution in [0.4, 0.5) is 0 Å². The summed E-state index contributed by atoms with van der Waals surface area (Å²) in [5, 5.41) is 10.6. The summed E-state index contributed by atoms with van der Waals surface area (Å²) >= 11 is 6.12. The van der Waals surface area contributed by atoms with Gasteiger partial charge in [-0.2, -0.15) is 0 Å². The average Bonchev–Trinajstić information content (AvgIpc) is 2.33. The number of aromatic nitrogens is 1. The van der Waals surface area contributed by atoms with Crippen molar-refractivity contribution in [2.75, 3.05) is 0 Å². The van der Waals surface area contributed by atoms with E-state index in [9.17, 15) is 4.79 Å². The number of benzene rings is 1. The van der Waals surface area contributed by atoms with Crippen LogP contribution in [0.5, 0.6) is 0 Å². The van der Waals surface area contributed by atoms with Crippen molar-refractivity contribution in [3.63, 3.8) is 0 Å². The molecule has 1 N–H and O–H groups in total. The Balaban J connectivity index is 2.77. The van der Waals surface area contributed by atoms with Crippen molar-refractivity contribution < 1.29 is 9.90 Å². The standard InChI is InChI=1S/C15H16ClNO2/c1-8(2)13-6-10(7-14(18)19)11-4-5-12(16)9(3)15(11)17-13/h4-6,8H,7H2,1-3H3,(H,18,19). The van der Waals surface area contributed by atoms with Gasteiger partial charge in [-0.05, 0) is 36.1 Å². The van der Waals surface area contributed by atoms with Crippen LogP contribution in [0.1, 0.15) is 36.6 Å². The Morgan fingerprint density at radius 1 is 1.42 bits per heavy atom. The number of carboxylic acids is 1. The smallest absolute Gasteiger partial charge is 0.307 e. The van der Waals surface area contributed by atoms with Gasteiger partial charge in [0.05, 0.1) is 11.9 Å². The molecule has 3 nitrogen and oxygen atoms in total. The highest BCUT2D eigenvalue weighted by atomic mass is 35.5. The van der Waals surface area contributed by atoms with E-state index in [1.165, 1.54) is 0 Å². The molecule has 0 amide bonds. The predicted molar refractivity (Wildman–Crippen MR) is 76.9 cm³/mol. The number of carboxylic acid groups (broad SMARTS) is 1. The fourth-order valence-electron chi connectivity index (χ4n) is 2.10. The Morgan fingerprint density at radius 3 is 2.68 bits per heavy atom. The van der Waals surface area contributed by atoms with Gasteiger partial charge in [0, 0.05) is 16.1 Å². The van der Waals surface area contributed by atoms with Crippen LogP contribution in [0.2, 0.25) is 5.02 Å². The second kappa shape index (κ2) is 5.17. The maximum Gasteiger partial charge on any atom is 0.307 e. The molecule has 0 fully saturated rings. The minimum atomic E-state index is -0.838. The van der Waals surface area contributed by atoms with Crippen molar-refractivity contribution in [3.05, 3.63) is 40.0 Å². The zero-order chi connectivity index (χ0) is 14.2. The van der Waals surface area contributed by atoms with Gasteiger partial charge in [-0.1, -0.05) is 31.5 Å². The van der Waals surface area contributed by atoms with E-state index in [1.807, 2.05) is 32.9 Å². The summed E-state index contributed by atoms with van der Waals surface area (Å²) in [5.41, 5.74) is 3.39. The summed E-state index contributed by atoms with van der Waals surface area (Å²) in [7, 11) is 0. The third kappa shape index (κ3) is 2.71. The van der Waals surface area contributed by atoms with E-state index < -0.39 is 5.97 Å². The minimum Gasteiger partial charge on any atom is -0.481 e. The Hall–Kier alpha value is -1.61. The summed E-state index contributed by atoms with van der Waals surface area (Å²) in [6.45, 7) is 5.99. The Kier molecular flexibility index (Phi) is 3.76. The van der Waals surface area contributed by atoms with Crippen LogP contribution >= 0.6 is 11.6 Å². The van der Waals surface area contributed by atoms with Crippen molar-refractivity contribution in [2.45, 2.75) is 33.1 Å². The summed E-state index contributed by atoms with van der Waals surface area (Å²) in [4.78, 5) is 15.6. The largest absolute Gasteiger partial charge is 0.481 e. The maximum atomic E-state index is 11.0. The first kappa shape index (κ1) is 13.8. The van der Waals surface area contributed by atoms with Crippen molar-refractivity contribution in [3.8, 4) is 0 Å². The molecule has 0 aliphatic carbocycles. The molecule has 0 aliphatic heterocycles. The first-order valence-corrected chi connectivity index (χ1v) is 6.58. The predicted octanol–water partition coefficient (Wildman–Crippen LogP) is 3.95. The number of rotatable bonds is 3. The number of nitrogens with zero attached hydrogens (tertiary/aromatic N) is 1. The van der Waals surface area contributed by atoms with E-state index in [0.29, 0.717) is 5.02 Å². The number of halogens is 1. The van der Waals surface area contributed by atoms with Crippen molar-refractivity contribution in [1.29, 1.82) is 0 Å². The van der Waals surface area contributed by atoms with Crippen LogP contribution in [0.15, 0.2) is 18.2 Å². The van der Waals surface area contributed by atoms with Gasteiger partial charge < -0.3 is 5.11 Å². The van der Waals surface area contributed by atoms with Crippen molar-refractivity contribution in [1.82, 2.24) is 4.98 Å². The first-order chi connectivity index (χ1) is 8.90. The second-order valence-electron chi connectivity index (χ2n) is 5.00. The molecule has 2 aromatic rings. The van der Waals surface area contributed by atoms with E-state index >= 15 is 0 Å². The van der Waals surface area contributed by atoms with Gasteiger partial charge in [-0.3, -0.25) is 9.78 Å². The Labute approximate surface area is 117 Å². The summed E-state index contributed by atoms with van der Waals surface area (Å²) in [5.74, 6) is -0.592. The molecule has 0 saturated carbocycles. The van der Waals surface area contributed by atoms with Crippen molar-refractivity contribution in [2.24, 2.45) is 0 Å². The van der Waals surface area contributed by atoms with Gasteiger partial charge in [-0.15, -0.1) is 0 Å². The lowest BCUT2D eigenvalue weighted by molar-refractivity contribution is -0.136. The monoisotopic (exact) mass is 277 g/mol. The van der Waals surface area contributed by atoms with E-state index in [2.05, 4.69) is 4.98 Å². The van der Waals surface area contributed by atoms with Crippen molar-refractivity contribution >= 4 is 28.5 Å². The Bertz CT molecular complexity index is 650. The number of fused-ring (bicyclic) bond motifs is 1. The minimum absolute atomic E-state index is 0.000186. The molecular weight excluding hydrogens is 262 g/mol. The molecule has 1 heterocycles. The molecule has 0 aliphatic rings. The molecular formula is C15H16ClNO2. The third-order valence-corrected chi connectivity index (χ3v) is 3.62. The highest BCUT2D eigenvalue weighted by molar-refractivity contribution is 6.32. The van der Waals surface area contributed by atoms with E-state index in [-0.39, 0.29) is 12.3 Å². The lowest BCUT2D eigenvalue weighted by Gasteiger charge is -2.13. The van der Waals surface area contributed by atoms with Crippen LogP contribution in [0, 0.1) is 6.92 Å². The molecule has 0 radical (unpaired) electrons. The molecule has 4 heteroatoms. The molecule has 1 aromatic heterocycles. The van der Waals surface area contributed by atoms with Gasteiger partial charge in [-0.25, -0.2) is 0 Å². The number of carbonyl (C=O) groups is 1. The maximum absolute atomic E-state index is 11.0. The average molecular weight is 278 g/mol. The second-order valence-corrected chi connectivity index (χ2v) is 5.41. The summed E-state index contributed by atoms with van der Waals surface area (Å²) < 4.78 is 0. The first-order valence-electron chi connectivity index (χ1n) is 6.20. The summed E-state index contributed by atoms with van der Waals surface area (Å²) in [6.07, 6.45) is -0.000186. The number of hydrogen-bond donors (Lipinski definition) is 1. The number of aliphatic carboxylic acids is 1. The lowest BCUT2D eigenvalue weighted by atomic mass is 9.99. The van der Waals surface area contributed by atoms with Gasteiger partial charge >= 0.3 is 5.97 Å². The fraction of sp³-hybridized carbons (Fsp3) is 0.333. The quantitative estimate of drug-likeness (QED) is 0.924. The SMILES string of the molecule is Cc1c(Cl)ccc2c(CC(=O)O)cc(C(C)C)nc12. The fourth-order valence-corrected chi connectivity index (χ4v) is 2.25. The van der Waals surface area contributed by atoms with Gasteiger partial charge in [0.25, 0.3) is 0 Å². The van der Waals surface area contributed by atoms with Crippen LogP contribution < -0.4 is 0 Å². The molecule has 1 aromatic carbocycles. The molecule has 0 spiro atoms. The van der Waals surface area contributed by atoms with E-state index in [1.54, 1.807) is 6.07 Å². The van der Waals surface area contributed by atoms with Crippen LogP contribution in [-0.2, 0) is 11.2 Å². The number of aryl methyl sites for hydroxylation is 1. The molecule has 0 bridgehead atoms. The van der Waals surface area contributed by atoms with Crippen LogP contribution in [-0.4, -0.2) is 16.1 Å². The zero-order valence-electron chi connectivity index (χ0n) is 11.2. The van der Waals surface area contributed by atoms with Crippen LogP contribution in [0.3, 0.4) is 0 Å². The summed E-state index contributed by atoms with van der Waals surface area (Å²) in [6, 6.07) is 5.52. The van der Waals surface area contributed by atoms with Gasteiger partial charge in [0.15, 0.2) is 0 Å². The molecule has 0 saturated heterocycles. The highest BCUT2D eigenvalue weighted by Gasteiger charge is 2.13. The van der Waals surface area contributed by atoms with Gasteiger partial charge in [0.1, 0.15) is 0 Å². The Morgan fingerprint density at radius 2 is 2.11 bits per heavy atom. The third-order valence-electron chi connectivity index (χ3n) is 3.21. The normalized spacial score (nSPS) is 11.2. The molecule has 100 valence electrons. The molecule has 2 rings (SSSR count). The molecule has 0 atom stereocenters.